The molecule has 64 heavy (non-hydrogen) atoms. The maximum Gasteiger partial charge on any atom is 0.306 e. The van der Waals surface area contributed by atoms with Crippen molar-refractivity contribution in [2.24, 2.45) is 0 Å². The molecule has 0 aliphatic rings. The number of unbranched alkanes of at least 4 members (excludes halogenated alkanes) is 10. The zero-order valence-corrected chi connectivity index (χ0v) is 40.7. The second-order valence-electron chi connectivity index (χ2n) is 15.9. The van der Waals surface area contributed by atoms with Crippen molar-refractivity contribution < 1.29 is 28.6 Å². The quantitative estimate of drug-likeness (QED) is 0.0263. The highest BCUT2D eigenvalue weighted by Gasteiger charge is 2.19. The maximum absolute atomic E-state index is 12.8. The van der Waals surface area contributed by atoms with Crippen LogP contribution in [0, 0.1) is 0 Å². The standard InChI is InChI=1S/C58H90O6/c1-4-7-10-13-16-19-22-25-28-30-33-36-39-42-45-48-51-57(60)63-54-55(53-62-56(59)50-47-44-41-38-35-32-27-24-21-18-15-12-9-6-3)64-58(61)52-49-46-43-40-37-34-31-29-26-23-20-17-14-11-8-5-2/h7-12,16-21,25-29,32-34,36-37,55H,4-6,13-15,22-24,30-31,35,38-54H2,1-3H3/b10-7-,11-8-,12-9-,19-16-,20-17-,21-18-,28-25-,29-26-,32-27-,36-33-,37-34-. The van der Waals surface area contributed by atoms with Crippen LogP contribution in [0.5, 0.6) is 0 Å². The Hall–Kier alpha value is -4.45. The molecule has 0 saturated heterocycles. The van der Waals surface area contributed by atoms with Gasteiger partial charge in [-0.05, 0) is 128 Å². The molecule has 0 aromatic heterocycles. The van der Waals surface area contributed by atoms with Crippen molar-refractivity contribution >= 4 is 17.9 Å². The lowest BCUT2D eigenvalue weighted by molar-refractivity contribution is -0.167. The van der Waals surface area contributed by atoms with Crippen LogP contribution in [0.2, 0.25) is 0 Å². The van der Waals surface area contributed by atoms with Gasteiger partial charge in [-0.15, -0.1) is 0 Å². The van der Waals surface area contributed by atoms with Crippen LogP contribution in [0.15, 0.2) is 134 Å². The van der Waals surface area contributed by atoms with Crippen LogP contribution in [-0.4, -0.2) is 37.2 Å². The Bertz CT molecular complexity index is 1430. The van der Waals surface area contributed by atoms with E-state index in [0.717, 1.165) is 148 Å². The molecule has 0 aliphatic carbocycles. The van der Waals surface area contributed by atoms with Gasteiger partial charge in [-0.2, -0.15) is 0 Å². The zero-order chi connectivity index (χ0) is 46.5. The molecular weight excluding hydrogens is 793 g/mol. The summed E-state index contributed by atoms with van der Waals surface area (Å²) >= 11 is 0. The number of allylic oxidation sites excluding steroid dienone is 22. The van der Waals surface area contributed by atoms with E-state index in [4.69, 9.17) is 14.2 Å². The van der Waals surface area contributed by atoms with Gasteiger partial charge >= 0.3 is 17.9 Å². The summed E-state index contributed by atoms with van der Waals surface area (Å²) in [4.78, 5) is 38.0. The Morgan fingerprint density at radius 1 is 0.312 bits per heavy atom. The summed E-state index contributed by atoms with van der Waals surface area (Å²) in [6.07, 6.45) is 71.5. The second-order valence-corrected chi connectivity index (χ2v) is 15.9. The number of carbonyl (C=O) groups is 3. The average molecular weight is 883 g/mol. The first-order chi connectivity index (χ1) is 31.5. The molecular formula is C58H90O6. The van der Waals surface area contributed by atoms with E-state index >= 15 is 0 Å². The molecule has 0 aromatic rings. The van der Waals surface area contributed by atoms with Crippen molar-refractivity contribution in [1.82, 2.24) is 0 Å². The van der Waals surface area contributed by atoms with Crippen LogP contribution in [-0.2, 0) is 28.6 Å². The third-order valence-corrected chi connectivity index (χ3v) is 9.88. The van der Waals surface area contributed by atoms with E-state index in [9.17, 15) is 14.4 Å². The van der Waals surface area contributed by atoms with Crippen LogP contribution in [0.25, 0.3) is 0 Å². The van der Waals surface area contributed by atoms with Gasteiger partial charge in [0.05, 0.1) is 0 Å². The van der Waals surface area contributed by atoms with E-state index < -0.39 is 6.10 Å². The van der Waals surface area contributed by atoms with E-state index in [2.05, 4.69) is 154 Å². The number of esters is 3. The number of hydrogen-bond donors (Lipinski definition) is 0. The molecule has 6 nitrogen and oxygen atoms in total. The van der Waals surface area contributed by atoms with Gasteiger partial charge in [-0.1, -0.05) is 180 Å². The highest BCUT2D eigenvalue weighted by atomic mass is 16.6. The largest absolute Gasteiger partial charge is 0.462 e. The van der Waals surface area contributed by atoms with Crippen molar-refractivity contribution in [3.05, 3.63) is 134 Å². The van der Waals surface area contributed by atoms with E-state index in [1.54, 1.807) is 0 Å². The lowest BCUT2D eigenvalue weighted by Gasteiger charge is -2.18. The minimum Gasteiger partial charge on any atom is -0.462 e. The Morgan fingerprint density at radius 2 is 0.562 bits per heavy atom. The molecule has 0 aromatic carbocycles. The van der Waals surface area contributed by atoms with Gasteiger partial charge in [0.15, 0.2) is 6.10 Å². The Balaban J connectivity index is 4.57. The molecule has 0 heterocycles. The van der Waals surface area contributed by atoms with Crippen LogP contribution < -0.4 is 0 Å². The lowest BCUT2D eigenvalue weighted by atomic mass is 10.1. The molecule has 0 bridgehead atoms. The fourth-order valence-corrected chi connectivity index (χ4v) is 6.20. The molecule has 6 heteroatoms. The molecule has 0 rings (SSSR count). The van der Waals surface area contributed by atoms with Crippen molar-refractivity contribution in [3.8, 4) is 0 Å². The fraction of sp³-hybridized carbons (Fsp3) is 0.569. The summed E-state index contributed by atoms with van der Waals surface area (Å²) < 4.78 is 16.7. The molecule has 0 fully saturated rings. The van der Waals surface area contributed by atoms with Crippen LogP contribution in [0.4, 0.5) is 0 Å². The molecule has 0 radical (unpaired) electrons. The highest BCUT2D eigenvalue weighted by Crippen LogP contribution is 2.11. The number of hydrogen-bond acceptors (Lipinski definition) is 6. The Morgan fingerprint density at radius 3 is 0.875 bits per heavy atom. The molecule has 1 atom stereocenters. The Labute approximate surface area is 392 Å². The van der Waals surface area contributed by atoms with E-state index in [-0.39, 0.29) is 37.5 Å². The van der Waals surface area contributed by atoms with Crippen molar-refractivity contribution in [3.63, 3.8) is 0 Å². The molecule has 0 aliphatic heterocycles. The zero-order valence-electron chi connectivity index (χ0n) is 40.7. The first-order valence-electron chi connectivity index (χ1n) is 25.2. The summed E-state index contributed by atoms with van der Waals surface area (Å²) in [5.74, 6) is -1.01. The first kappa shape index (κ1) is 59.5. The van der Waals surface area contributed by atoms with E-state index in [1.807, 2.05) is 0 Å². The number of ether oxygens (including phenoxy) is 3. The predicted molar refractivity (Wildman–Crippen MR) is 274 cm³/mol. The number of rotatable bonds is 43. The van der Waals surface area contributed by atoms with Crippen molar-refractivity contribution in [2.45, 2.75) is 200 Å². The molecule has 0 amide bonds. The summed E-state index contributed by atoms with van der Waals surface area (Å²) in [7, 11) is 0. The summed E-state index contributed by atoms with van der Waals surface area (Å²) in [6, 6.07) is 0. The monoisotopic (exact) mass is 883 g/mol. The summed E-state index contributed by atoms with van der Waals surface area (Å²) in [6.45, 7) is 6.19. The molecule has 0 spiro atoms. The van der Waals surface area contributed by atoms with Gasteiger partial charge in [0.1, 0.15) is 13.2 Å². The van der Waals surface area contributed by atoms with Crippen LogP contribution in [0.3, 0.4) is 0 Å². The normalized spacial score (nSPS) is 13.2. The third kappa shape index (κ3) is 48.6. The summed E-state index contributed by atoms with van der Waals surface area (Å²) in [5.41, 5.74) is 0. The summed E-state index contributed by atoms with van der Waals surface area (Å²) in [5, 5.41) is 0. The molecule has 0 N–H and O–H groups in total. The Kier molecular flexibility index (Phi) is 47.6. The minimum atomic E-state index is -0.822. The number of carbonyl (C=O) groups excluding carboxylic acids is 3. The van der Waals surface area contributed by atoms with E-state index in [0.29, 0.717) is 19.3 Å². The van der Waals surface area contributed by atoms with Gasteiger partial charge in [0.25, 0.3) is 0 Å². The lowest BCUT2D eigenvalue weighted by Crippen LogP contribution is -2.30. The third-order valence-electron chi connectivity index (χ3n) is 9.88. The van der Waals surface area contributed by atoms with Crippen molar-refractivity contribution in [2.75, 3.05) is 13.2 Å². The van der Waals surface area contributed by atoms with Gasteiger partial charge in [-0.3, -0.25) is 14.4 Å². The highest BCUT2D eigenvalue weighted by molar-refractivity contribution is 5.71. The molecule has 0 saturated carbocycles. The van der Waals surface area contributed by atoms with Gasteiger partial charge in [-0.25, -0.2) is 0 Å². The van der Waals surface area contributed by atoms with Crippen LogP contribution in [0.1, 0.15) is 194 Å². The molecule has 1 unspecified atom stereocenters. The minimum absolute atomic E-state index is 0.118. The fourth-order valence-electron chi connectivity index (χ4n) is 6.20. The van der Waals surface area contributed by atoms with E-state index in [1.165, 1.54) is 0 Å². The maximum atomic E-state index is 12.8. The smallest absolute Gasteiger partial charge is 0.306 e. The second kappa shape index (κ2) is 51.2. The van der Waals surface area contributed by atoms with Gasteiger partial charge in [0.2, 0.25) is 0 Å². The average Bonchev–Trinajstić information content (AvgIpc) is 3.29. The van der Waals surface area contributed by atoms with Gasteiger partial charge in [0, 0.05) is 19.3 Å². The van der Waals surface area contributed by atoms with Crippen LogP contribution >= 0.6 is 0 Å². The van der Waals surface area contributed by atoms with Gasteiger partial charge < -0.3 is 14.2 Å². The first-order valence-corrected chi connectivity index (χ1v) is 25.2. The topological polar surface area (TPSA) is 78.9 Å². The SMILES string of the molecule is CC/C=C\C/C=C\C/C=C\C/C=C\CCCCCC(=O)OCC(COC(=O)CCCCCC/C=C\C/C=C\C/C=C\CC)OC(=O)CCCCC/C=C\C/C=C\C/C=C\C/C=C\CC. The van der Waals surface area contributed by atoms with Crippen molar-refractivity contribution in [1.29, 1.82) is 0 Å². The predicted octanol–water partition coefficient (Wildman–Crippen LogP) is 16.7. The molecule has 358 valence electrons.